The van der Waals surface area contributed by atoms with Crippen molar-refractivity contribution in [2.45, 2.75) is 26.4 Å². The first-order valence-electron chi connectivity index (χ1n) is 6.83. The lowest BCUT2D eigenvalue weighted by molar-refractivity contribution is 0.0935. The zero-order valence-electron chi connectivity index (χ0n) is 12.5. The minimum Gasteiger partial charge on any atom is -0.497 e. The summed E-state index contributed by atoms with van der Waals surface area (Å²) >= 11 is 0. The number of aryl methyl sites for hydroxylation is 1. The van der Waals surface area contributed by atoms with Crippen molar-refractivity contribution in [1.82, 2.24) is 15.1 Å². The van der Waals surface area contributed by atoms with Gasteiger partial charge in [-0.3, -0.25) is 9.48 Å². The number of anilines is 1. The molecule has 1 atom stereocenters. The third kappa shape index (κ3) is 3.34. The normalized spacial score (nSPS) is 12.0. The molecule has 1 aromatic carbocycles. The maximum absolute atomic E-state index is 12.2. The van der Waals surface area contributed by atoms with Crippen LogP contribution < -0.4 is 15.8 Å². The lowest BCUT2D eigenvalue weighted by Crippen LogP contribution is -2.27. The first-order chi connectivity index (χ1) is 10.0. The Kier molecular flexibility index (Phi) is 4.47. The standard InChI is InChI=1S/C15H20N4O2/c1-4-19-9-13(16)14(18-19)15(20)17-10(2)11-6-5-7-12(8-11)21-3/h5-10H,4,16H2,1-3H3,(H,17,20). The fourth-order valence-electron chi connectivity index (χ4n) is 2.03. The van der Waals surface area contributed by atoms with Crippen LogP contribution in [0.4, 0.5) is 5.69 Å². The van der Waals surface area contributed by atoms with Crippen LogP contribution >= 0.6 is 0 Å². The van der Waals surface area contributed by atoms with Gasteiger partial charge < -0.3 is 15.8 Å². The number of amides is 1. The van der Waals surface area contributed by atoms with Crippen LogP contribution in [-0.4, -0.2) is 22.8 Å². The molecule has 0 aliphatic carbocycles. The summed E-state index contributed by atoms with van der Waals surface area (Å²) in [7, 11) is 1.61. The lowest BCUT2D eigenvalue weighted by Gasteiger charge is -2.14. The molecule has 1 amide bonds. The molecule has 2 aromatic rings. The molecule has 1 aromatic heterocycles. The van der Waals surface area contributed by atoms with E-state index in [2.05, 4.69) is 10.4 Å². The number of hydrogen-bond donors (Lipinski definition) is 2. The highest BCUT2D eigenvalue weighted by Gasteiger charge is 2.17. The van der Waals surface area contributed by atoms with Gasteiger partial charge >= 0.3 is 0 Å². The Morgan fingerprint density at radius 3 is 2.90 bits per heavy atom. The third-order valence-electron chi connectivity index (χ3n) is 3.27. The minimum atomic E-state index is -0.282. The van der Waals surface area contributed by atoms with Gasteiger partial charge in [0, 0.05) is 12.7 Å². The Balaban J connectivity index is 2.12. The van der Waals surface area contributed by atoms with Crippen molar-refractivity contribution in [3.05, 3.63) is 41.7 Å². The third-order valence-corrected chi connectivity index (χ3v) is 3.27. The number of nitrogens with one attached hydrogen (secondary N) is 1. The van der Waals surface area contributed by atoms with Gasteiger partial charge in [-0.25, -0.2) is 0 Å². The fourth-order valence-corrected chi connectivity index (χ4v) is 2.03. The van der Waals surface area contributed by atoms with Crippen molar-refractivity contribution in [3.8, 4) is 5.75 Å². The molecule has 0 aliphatic heterocycles. The van der Waals surface area contributed by atoms with Gasteiger partial charge in [0.2, 0.25) is 0 Å². The average Bonchev–Trinajstić information content (AvgIpc) is 2.88. The molecular formula is C15H20N4O2. The van der Waals surface area contributed by atoms with E-state index in [1.807, 2.05) is 38.1 Å². The van der Waals surface area contributed by atoms with Crippen LogP contribution in [0.1, 0.15) is 35.9 Å². The van der Waals surface area contributed by atoms with E-state index in [9.17, 15) is 4.79 Å². The van der Waals surface area contributed by atoms with Crippen LogP contribution in [0.25, 0.3) is 0 Å². The molecule has 0 saturated carbocycles. The second-order valence-electron chi connectivity index (χ2n) is 4.76. The van der Waals surface area contributed by atoms with E-state index in [1.54, 1.807) is 18.0 Å². The number of benzene rings is 1. The van der Waals surface area contributed by atoms with Gasteiger partial charge in [-0.1, -0.05) is 12.1 Å². The lowest BCUT2D eigenvalue weighted by atomic mass is 10.1. The van der Waals surface area contributed by atoms with Crippen LogP contribution in [0, 0.1) is 0 Å². The second-order valence-corrected chi connectivity index (χ2v) is 4.76. The zero-order chi connectivity index (χ0) is 15.4. The van der Waals surface area contributed by atoms with E-state index in [4.69, 9.17) is 10.5 Å². The molecule has 0 bridgehead atoms. The van der Waals surface area contributed by atoms with Crippen molar-refractivity contribution >= 4 is 11.6 Å². The molecule has 6 nitrogen and oxygen atoms in total. The summed E-state index contributed by atoms with van der Waals surface area (Å²) in [5.74, 6) is 0.471. The molecule has 112 valence electrons. The van der Waals surface area contributed by atoms with Crippen LogP contribution in [0.5, 0.6) is 5.75 Å². The molecule has 0 aliphatic rings. The first kappa shape index (κ1) is 14.9. The van der Waals surface area contributed by atoms with E-state index in [1.165, 1.54) is 0 Å². The van der Waals surface area contributed by atoms with E-state index < -0.39 is 0 Å². The summed E-state index contributed by atoms with van der Waals surface area (Å²) < 4.78 is 6.82. The van der Waals surface area contributed by atoms with Crippen molar-refractivity contribution in [2.24, 2.45) is 0 Å². The summed E-state index contributed by atoms with van der Waals surface area (Å²) in [5, 5.41) is 7.06. The molecule has 0 fully saturated rings. The second kappa shape index (κ2) is 6.30. The van der Waals surface area contributed by atoms with Crippen LogP contribution in [0.2, 0.25) is 0 Å². The van der Waals surface area contributed by atoms with Gasteiger partial charge in [-0.15, -0.1) is 0 Å². The smallest absolute Gasteiger partial charge is 0.274 e. The van der Waals surface area contributed by atoms with Crippen LogP contribution in [0.3, 0.4) is 0 Å². The average molecular weight is 288 g/mol. The Bertz CT molecular complexity index is 636. The van der Waals surface area contributed by atoms with Gasteiger partial charge in [0.05, 0.1) is 18.8 Å². The maximum Gasteiger partial charge on any atom is 0.274 e. The molecule has 21 heavy (non-hydrogen) atoms. The number of aromatic nitrogens is 2. The molecule has 6 heteroatoms. The molecule has 0 radical (unpaired) electrons. The van der Waals surface area contributed by atoms with E-state index >= 15 is 0 Å². The summed E-state index contributed by atoms with van der Waals surface area (Å²) in [5.41, 5.74) is 7.41. The number of rotatable bonds is 5. The van der Waals surface area contributed by atoms with E-state index in [-0.39, 0.29) is 17.6 Å². The molecule has 1 unspecified atom stereocenters. The Hall–Kier alpha value is -2.50. The summed E-state index contributed by atoms with van der Waals surface area (Å²) in [6, 6.07) is 7.40. The summed E-state index contributed by atoms with van der Waals surface area (Å²) in [6.45, 7) is 4.51. The van der Waals surface area contributed by atoms with Gasteiger partial charge in [0.25, 0.3) is 5.91 Å². The van der Waals surface area contributed by atoms with Crippen molar-refractivity contribution in [3.63, 3.8) is 0 Å². The Morgan fingerprint density at radius 2 is 2.29 bits per heavy atom. The van der Waals surface area contributed by atoms with Crippen molar-refractivity contribution < 1.29 is 9.53 Å². The molecular weight excluding hydrogens is 268 g/mol. The quantitative estimate of drug-likeness (QED) is 0.881. The number of carbonyl (C=O) groups is 1. The Labute approximate surface area is 123 Å². The molecule has 2 rings (SSSR count). The van der Waals surface area contributed by atoms with E-state index in [0.717, 1.165) is 11.3 Å². The first-order valence-corrected chi connectivity index (χ1v) is 6.83. The largest absolute Gasteiger partial charge is 0.497 e. The van der Waals surface area contributed by atoms with E-state index in [0.29, 0.717) is 12.2 Å². The fraction of sp³-hybridized carbons (Fsp3) is 0.333. The van der Waals surface area contributed by atoms with Gasteiger partial charge in [-0.05, 0) is 31.5 Å². The number of ether oxygens (including phenoxy) is 1. The summed E-state index contributed by atoms with van der Waals surface area (Å²) in [4.78, 5) is 12.2. The predicted molar refractivity (Wildman–Crippen MR) is 81.2 cm³/mol. The monoisotopic (exact) mass is 288 g/mol. The number of hydrogen-bond acceptors (Lipinski definition) is 4. The maximum atomic E-state index is 12.2. The zero-order valence-corrected chi connectivity index (χ0v) is 12.5. The number of nitrogens with two attached hydrogens (primary N) is 1. The molecule has 3 N–H and O–H groups in total. The number of nitrogen functional groups attached to an aromatic ring is 1. The number of carbonyl (C=O) groups excluding carboxylic acids is 1. The number of methoxy groups -OCH3 is 1. The molecule has 1 heterocycles. The number of nitrogens with zero attached hydrogens (tertiary/aromatic N) is 2. The highest BCUT2D eigenvalue weighted by atomic mass is 16.5. The predicted octanol–water partition coefficient (Wildman–Crippen LogP) is 1.98. The Morgan fingerprint density at radius 1 is 1.52 bits per heavy atom. The summed E-state index contributed by atoms with van der Waals surface area (Å²) in [6.07, 6.45) is 1.66. The van der Waals surface area contributed by atoms with Crippen LogP contribution in [0.15, 0.2) is 30.5 Å². The molecule has 0 saturated heterocycles. The van der Waals surface area contributed by atoms with Gasteiger partial charge in [-0.2, -0.15) is 5.10 Å². The molecule has 0 spiro atoms. The minimum absolute atomic E-state index is 0.168. The van der Waals surface area contributed by atoms with Gasteiger partial charge in [0.1, 0.15) is 5.75 Å². The highest BCUT2D eigenvalue weighted by Crippen LogP contribution is 2.19. The van der Waals surface area contributed by atoms with Crippen molar-refractivity contribution in [2.75, 3.05) is 12.8 Å². The highest BCUT2D eigenvalue weighted by molar-refractivity contribution is 5.97. The van der Waals surface area contributed by atoms with Crippen molar-refractivity contribution in [1.29, 1.82) is 0 Å². The topological polar surface area (TPSA) is 82.2 Å². The SMILES string of the molecule is CCn1cc(N)c(C(=O)NC(C)c2cccc(OC)c2)n1. The van der Waals surface area contributed by atoms with Gasteiger partial charge in [0.15, 0.2) is 5.69 Å². The van der Waals surface area contributed by atoms with Crippen LogP contribution in [-0.2, 0) is 6.54 Å².